The van der Waals surface area contributed by atoms with Gasteiger partial charge < -0.3 is 0 Å². The summed E-state index contributed by atoms with van der Waals surface area (Å²) in [6, 6.07) is 4.40. The van der Waals surface area contributed by atoms with E-state index in [2.05, 4.69) is 65.8 Å². The number of rotatable bonds is 2. The molecule has 18 heavy (non-hydrogen) atoms. The molecule has 0 unspecified atom stereocenters. The summed E-state index contributed by atoms with van der Waals surface area (Å²) < 4.78 is 0. The van der Waals surface area contributed by atoms with Gasteiger partial charge in [0, 0.05) is 0 Å². The standard InChI is InChI=1S/C17H15Si/c1-12-16(18)11-10-15(13-6-2-3-7-13)17(12)14-8-4-5-9-14/h2-6,8,10-11H,7,9H2,1H3. The topological polar surface area (TPSA) is 0 Å². The number of allylic oxidation sites excluding steroid dienone is 8. The Morgan fingerprint density at radius 3 is 2.22 bits per heavy atom. The first-order chi connectivity index (χ1) is 8.77. The Labute approximate surface area is 112 Å². The monoisotopic (exact) mass is 247 g/mol. The molecular weight excluding hydrogens is 232 g/mol. The maximum Gasteiger partial charge on any atom is 0.0715 e. The molecule has 0 spiro atoms. The molecule has 0 aliphatic heterocycles. The molecular formula is C17H15Si. The van der Waals surface area contributed by atoms with Crippen LogP contribution in [0.5, 0.6) is 0 Å². The van der Waals surface area contributed by atoms with Crippen molar-refractivity contribution < 1.29 is 0 Å². The van der Waals surface area contributed by atoms with Crippen LogP contribution in [0.3, 0.4) is 0 Å². The van der Waals surface area contributed by atoms with Gasteiger partial charge in [0.1, 0.15) is 0 Å². The molecule has 3 radical (unpaired) electrons. The van der Waals surface area contributed by atoms with Gasteiger partial charge in [-0.15, -0.1) is 0 Å². The van der Waals surface area contributed by atoms with Crippen molar-refractivity contribution >= 4 is 26.6 Å². The summed E-state index contributed by atoms with van der Waals surface area (Å²) >= 11 is 0. The molecule has 0 nitrogen and oxygen atoms in total. The summed E-state index contributed by atoms with van der Waals surface area (Å²) in [6.07, 6.45) is 15.3. The lowest BCUT2D eigenvalue weighted by atomic mass is 9.90. The largest absolute Gasteiger partial charge is 0.0801 e. The van der Waals surface area contributed by atoms with Crippen LogP contribution >= 0.6 is 0 Å². The van der Waals surface area contributed by atoms with Crippen molar-refractivity contribution in [1.82, 2.24) is 0 Å². The number of benzene rings is 1. The average molecular weight is 247 g/mol. The third-order valence-electron chi connectivity index (χ3n) is 3.67. The van der Waals surface area contributed by atoms with E-state index in [4.69, 9.17) is 0 Å². The predicted octanol–water partition coefficient (Wildman–Crippen LogP) is 3.48. The maximum atomic E-state index is 3.71. The second kappa shape index (κ2) is 4.58. The van der Waals surface area contributed by atoms with Crippen molar-refractivity contribution in [1.29, 1.82) is 0 Å². The van der Waals surface area contributed by atoms with Crippen LogP contribution in [0.1, 0.15) is 29.5 Å². The van der Waals surface area contributed by atoms with E-state index in [1.54, 1.807) is 0 Å². The summed E-state index contributed by atoms with van der Waals surface area (Å²) in [5.74, 6) is 0. The van der Waals surface area contributed by atoms with Crippen molar-refractivity contribution in [3.8, 4) is 0 Å². The van der Waals surface area contributed by atoms with Crippen molar-refractivity contribution in [3.05, 3.63) is 65.3 Å². The highest BCUT2D eigenvalue weighted by Crippen LogP contribution is 2.34. The Hall–Kier alpha value is -1.60. The van der Waals surface area contributed by atoms with Gasteiger partial charge in [0.05, 0.1) is 10.2 Å². The van der Waals surface area contributed by atoms with Crippen LogP contribution in [0.15, 0.2) is 48.6 Å². The molecule has 0 aromatic heterocycles. The molecule has 1 aromatic rings. The third-order valence-corrected chi connectivity index (χ3v) is 4.22. The highest BCUT2D eigenvalue weighted by Gasteiger charge is 2.16. The molecule has 0 N–H and O–H groups in total. The summed E-state index contributed by atoms with van der Waals surface area (Å²) in [5.41, 5.74) is 6.98. The van der Waals surface area contributed by atoms with Crippen LogP contribution in [0.4, 0.5) is 0 Å². The molecule has 0 heterocycles. The normalized spacial score (nSPS) is 17.2. The van der Waals surface area contributed by atoms with Gasteiger partial charge in [-0.1, -0.05) is 53.8 Å². The fraction of sp³-hybridized carbons (Fsp3) is 0.176. The second-order valence-electron chi connectivity index (χ2n) is 4.81. The lowest BCUT2D eigenvalue weighted by Crippen LogP contribution is -2.11. The average Bonchev–Trinajstić information content (AvgIpc) is 3.03. The van der Waals surface area contributed by atoms with E-state index in [0.29, 0.717) is 0 Å². The minimum absolute atomic E-state index is 1.05. The van der Waals surface area contributed by atoms with Gasteiger partial charge >= 0.3 is 0 Å². The van der Waals surface area contributed by atoms with Crippen LogP contribution in [0.2, 0.25) is 0 Å². The smallest absolute Gasteiger partial charge is 0.0715 e. The van der Waals surface area contributed by atoms with Crippen LogP contribution in [0, 0.1) is 6.92 Å². The first-order valence-electron chi connectivity index (χ1n) is 6.34. The van der Waals surface area contributed by atoms with E-state index in [-0.39, 0.29) is 0 Å². The summed E-state index contributed by atoms with van der Waals surface area (Å²) in [7, 11) is 3.71. The molecule has 1 heteroatoms. The molecule has 0 bridgehead atoms. The Morgan fingerprint density at radius 1 is 0.944 bits per heavy atom. The lowest BCUT2D eigenvalue weighted by molar-refractivity contribution is 1.33. The van der Waals surface area contributed by atoms with E-state index < -0.39 is 0 Å². The van der Waals surface area contributed by atoms with Gasteiger partial charge in [0.25, 0.3) is 0 Å². The molecule has 0 atom stereocenters. The summed E-state index contributed by atoms with van der Waals surface area (Å²) in [6.45, 7) is 2.20. The second-order valence-corrected chi connectivity index (χ2v) is 5.35. The van der Waals surface area contributed by atoms with Crippen LogP contribution in [-0.4, -0.2) is 10.2 Å². The molecule has 1 aromatic carbocycles. The van der Waals surface area contributed by atoms with E-state index in [1.807, 2.05) is 0 Å². The van der Waals surface area contributed by atoms with Crippen molar-refractivity contribution in [2.75, 3.05) is 0 Å². The summed E-state index contributed by atoms with van der Waals surface area (Å²) in [4.78, 5) is 0. The van der Waals surface area contributed by atoms with Gasteiger partial charge in [0.15, 0.2) is 0 Å². The van der Waals surface area contributed by atoms with Gasteiger partial charge in [-0.2, -0.15) is 0 Å². The summed E-state index contributed by atoms with van der Waals surface area (Å²) in [5, 5.41) is 1.19. The van der Waals surface area contributed by atoms with Crippen molar-refractivity contribution in [3.63, 3.8) is 0 Å². The van der Waals surface area contributed by atoms with Crippen molar-refractivity contribution in [2.45, 2.75) is 19.8 Å². The number of hydrogen-bond acceptors (Lipinski definition) is 0. The van der Waals surface area contributed by atoms with E-state index in [0.717, 1.165) is 12.8 Å². The zero-order valence-corrected chi connectivity index (χ0v) is 11.5. The Balaban J connectivity index is 2.16. The maximum absolute atomic E-state index is 3.71. The molecule has 3 rings (SSSR count). The Bertz CT molecular complexity index is 613. The van der Waals surface area contributed by atoms with E-state index in [1.165, 1.54) is 33.0 Å². The highest BCUT2D eigenvalue weighted by molar-refractivity contribution is 6.33. The van der Waals surface area contributed by atoms with Gasteiger partial charge in [0.2, 0.25) is 0 Å². The molecule has 0 amide bonds. The van der Waals surface area contributed by atoms with E-state index in [9.17, 15) is 0 Å². The lowest BCUT2D eigenvalue weighted by Gasteiger charge is -2.17. The molecule has 0 fully saturated rings. The minimum Gasteiger partial charge on any atom is -0.0801 e. The Morgan fingerprint density at radius 2 is 1.61 bits per heavy atom. The quantitative estimate of drug-likeness (QED) is 0.702. The first-order valence-corrected chi connectivity index (χ1v) is 6.84. The zero-order chi connectivity index (χ0) is 12.5. The van der Waals surface area contributed by atoms with Crippen LogP contribution < -0.4 is 5.19 Å². The number of hydrogen-bond donors (Lipinski definition) is 0. The van der Waals surface area contributed by atoms with Gasteiger partial charge in [-0.3, -0.25) is 0 Å². The Kier molecular flexibility index (Phi) is 2.92. The molecule has 2 aliphatic carbocycles. The zero-order valence-electron chi connectivity index (χ0n) is 10.5. The minimum atomic E-state index is 1.05. The third kappa shape index (κ3) is 1.85. The fourth-order valence-corrected chi connectivity index (χ4v) is 2.88. The van der Waals surface area contributed by atoms with Gasteiger partial charge in [-0.25, -0.2) is 0 Å². The molecule has 2 aliphatic rings. The van der Waals surface area contributed by atoms with Crippen molar-refractivity contribution in [2.24, 2.45) is 0 Å². The van der Waals surface area contributed by atoms with Crippen LogP contribution in [0.25, 0.3) is 11.1 Å². The highest BCUT2D eigenvalue weighted by atomic mass is 28.1. The van der Waals surface area contributed by atoms with Gasteiger partial charge in [-0.05, 0) is 47.6 Å². The SMILES string of the molecule is Cc1c([Si])ccc(C2=CC=CC2)c1C1=CC=CC1. The predicted molar refractivity (Wildman–Crippen MR) is 80.0 cm³/mol. The fourth-order valence-electron chi connectivity index (χ4n) is 2.67. The molecule has 0 saturated heterocycles. The molecule has 87 valence electrons. The molecule has 0 saturated carbocycles. The van der Waals surface area contributed by atoms with E-state index >= 15 is 0 Å². The van der Waals surface area contributed by atoms with Crippen LogP contribution in [-0.2, 0) is 0 Å². The first kappa shape index (κ1) is 11.5.